The van der Waals surface area contributed by atoms with Crippen molar-refractivity contribution in [3.63, 3.8) is 0 Å². The molecule has 0 rings (SSSR count). The van der Waals surface area contributed by atoms with E-state index >= 15 is 0 Å². The van der Waals surface area contributed by atoms with Crippen LogP contribution in [0.15, 0.2) is 24.0 Å². The van der Waals surface area contributed by atoms with Crippen LogP contribution in [0.2, 0.25) is 0 Å². The van der Waals surface area contributed by atoms with E-state index in [9.17, 15) is 0 Å². The van der Waals surface area contributed by atoms with Gasteiger partial charge in [-0.25, -0.2) is 0 Å². The minimum absolute atomic E-state index is 0.444. The Morgan fingerprint density at radius 3 is 2.56 bits per heavy atom. The van der Waals surface area contributed by atoms with Gasteiger partial charge in [0.25, 0.3) is 0 Å². The first kappa shape index (κ1) is 8.28. The van der Waals surface area contributed by atoms with Crippen molar-refractivity contribution in [3.05, 3.63) is 24.0 Å². The molecule has 0 spiro atoms. The van der Waals surface area contributed by atoms with Gasteiger partial charge in [-0.05, 0) is 12.5 Å². The summed E-state index contributed by atoms with van der Waals surface area (Å²) in [5, 5.41) is 8.89. The van der Waals surface area contributed by atoms with Crippen molar-refractivity contribution in [1.82, 2.24) is 0 Å². The van der Waals surface area contributed by atoms with Crippen molar-refractivity contribution < 1.29 is 5.11 Å². The van der Waals surface area contributed by atoms with Gasteiger partial charge in [0.05, 0.1) is 5.76 Å². The van der Waals surface area contributed by atoms with Gasteiger partial charge in [0, 0.05) is 6.42 Å². The average molecular weight is 126 g/mol. The quantitative estimate of drug-likeness (QED) is 0.455. The van der Waals surface area contributed by atoms with Crippen LogP contribution in [-0.2, 0) is 0 Å². The normalized spacial score (nSPS) is 12.9. The third-order valence-electron chi connectivity index (χ3n) is 1.02. The predicted octanol–water partition coefficient (Wildman–Crippen LogP) is 2.80. The Morgan fingerprint density at radius 1 is 1.44 bits per heavy atom. The number of rotatable bonds is 3. The second-order valence-corrected chi connectivity index (χ2v) is 1.85. The number of aliphatic hydroxyl groups excluding tert-OH is 1. The van der Waals surface area contributed by atoms with Gasteiger partial charge in [0.1, 0.15) is 0 Å². The van der Waals surface area contributed by atoms with E-state index in [0.29, 0.717) is 12.2 Å². The van der Waals surface area contributed by atoms with E-state index < -0.39 is 0 Å². The molecule has 0 heterocycles. The van der Waals surface area contributed by atoms with Crippen molar-refractivity contribution in [1.29, 1.82) is 0 Å². The summed E-state index contributed by atoms with van der Waals surface area (Å²) in [6.07, 6.45) is 7.34. The lowest BCUT2D eigenvalue weighted by Crippen LogP contribution is -1.72. The fraction of sp³-hybridized carbons (Fsp3) is 0.500. The molecule has 52 valence electrons. The van der Waals surface area contributed by atoms with Crippen LogP contribution >= 0.6 is 0 Å². The second kappa shape index (κ2) is 5.42. The molecule has 0 aromatic carbocycles. The Labute approximate surface area is 56.7 Å². The molecule has 9 heavy (non-hydrogen) atoms. The summed E-state index contributed by atoms with van der Waals surface area (Å²) < 4.78 is 0. The van der Waals surface area contributed by atoms with Gasteiger partial charge in [0.15, 0.2) is 0 Å². The SMILES string of the molecule is CCC=CC=C(O)CC. The summed E-state index contributed by atoms with van der Waals surface area (Å²) in [6.45, 7) is 3.99. The van der Waals surface area contributed by atoms with Crippen LogP contribution in [0.25, 0.3) is 0 Å². The molecule has 0 unspecified atom stereocenters. The molecule has 0 radical (unpaired) electrons. The Kier molecular flexibility index (Phi) is 4.98. The van der Waals surface area contributed by atoms with E-state index in [4.69, 9.17) is 5.11 Å². The van der Waals surface area contributed by atoms with Crippen molar-refractivity contribution in [2.75, 3.05) is 0 Å². The Balaban J connectivity index is 3.55. The molecular formula is C8H14O. The Hall–Kier alpha value is -0.720. The predicted molar refractivity (Wildman–Crippen MR) is 40.4 cm³/mol. The van der Waals surface area contributed by atoms with Gasteiger partial charge in [-0.3, -0.25) is 0 Å². The third kappa shape index (κ3) is 5.15. The largest absolute Gasteiger partial charge is 0.512 e. The zero-order valence-corrected chi connectivity index (χ0v) is 6.09. The van der Waals surface area contributed by atoms with Gasteiger partial charge in [-0.1, -0.05) is 26.0 Å². The van der Waals surface area contributed by atoms with E-state index in [-0.39, 0.29) is 0 Å². The van der Waals surface area contributed by atoms with Gasteiger partial charge < -0.3 is 5.11 Å². The van der Waals surface area contributed by atoms with Crippen LogP contribution in [-0.4, -0.2) is 5.11 Å². The maximum atomic E-state index is 8.89. The zero-order chi connectivity index (χ0) is 7.11. The Bertz CT molecular complexity index is 112. The fourth-order valence-electron chi connectivity index (χ4n) is 0.433. The van der Waals surface area contributed by atoms with Crippen LogP contribution in [0.3, 0.4) is 0 Å². The molecule has 0 saturated heterocycles. The average Bonchev–Trinajstić information content (AvgIpc) is 1.89. The molecule has 0 aliphatic carbocycles. The summed E-state index contributed by atoms with van der Waals surface area (Å²) in [7, 11) is 0. The van der Waals surface area contributed by atoms with E-state index in [1.165, 1.54) is 0 Å². The number of aliphatic hydroxyl groups is 1. The lowest BCUT2D eigenvalue weighted by molar-refractivity contribution is 0.395. The Morgan fingerprint density at radius 2 is 2.11 bits per heavy atom. The van der Waals surface area contributed by atoms with Crippen molar-refractivity contribution in [3.8, 4) is 0 Å². The van der Waals surface area contributed by atoms with Gasteiger partial charge in [0.2, 0.25) is 0 Å². The molecule has 1 nitrogen and oxygen atoms in total. The first-order valence-corrected chi connectivity index (χ1v) is 3.35. The van der Waals surface area contributed by atoms with Gasteiger partial charge >= 0.3 is 0 Å². The molecule has 0 atom stereocenters. The standard InChI is InChI=1S/C8H14O/c1-3-5-6-7-8(9)4-2/h5-7,9H,3-4H2,1-2H3. The molecule has 0 bridgehead atoms. The molecule has 0 aromatic heterocycles. The summed E-state index contributed by atoms with van der Waals surface area (Å²) in [4.78, 5) is 0. The van der Waals surface area contributed by atoms with E-state index in [1.54, 1.807) is 6.08 Å². The molecule has 0 amide bonds. The fourth-order valence-corrected chi connectivity index (χ4v) is 0.433. The zero-order valence-electron chi connectivity index (χ0n) is 6.09. The van der Waals surface area contributed by atoms with Crippen molar-refractivity contribution in [2.45, 2.75) is 26.7 Å². The first-order chi connectivity index (χ1) is 4.31. The van der Waals surface area contributed by atoms with Crippen LogP contribution in [0.5, 0.6) is 0 Å². The highest BCUT2D eigenvalue weighted by atomic mass is 16.3. The van der Waals surface area contributed by atoms with Gasteiger partial charge in [-0.2, -0.15) is 0 Å². The summed E-state index contributed by atoms with van der Waals surface area (Å²) in [6, 6.07) is 0. The molecule has 0 aromatic rings. The maximum Gasteiger partial charge on any atom is 0.0919 e. The number of hydrogen-bond acceptors (Lipinski definition) is 1. The highest BCUT2D eigenvalue weighted by Crippen LogP contribution is 1.94. The monoisotopic (exact) mass is 126 g/mol. The first-order valence-electron chi connectivity index (χ1n) is 3.35. The molecule has 0 aliphatic heterocycles. The van der Waals surface area contributed by atoms with Crippen LogP contribution < -0.4 is 0 Å². The summed E-state index contributed by atoms with van der Waals surface area (Å²) >= 11 is 0. The summed E-state index contributed by atoms with van der Waals surface area (Å²) in [5.74, 6) is 0.444. The third-order valence-corrected chi connectivity index (χ3v) is 1.02. The smallest absolute Gasteiger partial charge is 0.0919 e. The van der Waals surface area contributed by atoms with Crippen LogP contribution in [0, 0.1) is 0 Å². The van der Waals surface area contributed by atoms with Crippen molar-refractivity contribution >= 4 is 0 Å². The van der Waals surface area contributed by atoms with E-state index in [0.717, 1.165) is 6.42 Å². The van der Waals surface area contributed by atoms with E-state index in [1.807, 2.05) is 19.1 Å². The number of allylic oxidation sites excluding steroid dienone is 4. The number of hydrogen-bond donors (Lipinski definition) is 1. The van der Waals surface area contributed by atoms with Crippen molar-refractivity contribution in [2.24, 2.45) is 0 Å². The minimum atomic E-state index is 0.444. The maximum absolute atomic E-state index is 8.89. The van der Waals surface area contributed by atoms with Gasteiger partial charge in [-0.15, -0.1) is 0 Å². The minimum Gasteiger partial charge on any atom is -0.512 e. The molecular weight excluding hydrogens is 112 g/mol. The lowest BCUT2D eigenvalue weighted by atomic mass is 10.3. The highest BCUT2D eigenvalue weighted by molar-refractivity contribution is 5.05. The summed E-state index contributed by atoms with van der Waals surface area (Å²) in [5.41, 5.74) is 0. The molecule has 0 aliphatic rings. The molecule has 1 heteroatoms. The molecule has 0 fully saturated rings. The molecule has 0 saturated carbocycles. The highest BCUT2D eigenvalue weighted by Gasteiger charge is 1.79. The molecule has 1 N–H and O–H groups in total. The van der Waals surface area contributed by atoms with E-state index in [2.05, 4.69) is 6.92 Å². The van der Waals surface area contributed by atoms with Crippen LogP contribution in [0.4, 0.5) is 0 Å². The second-order valence-electron chi connectivity index (χ2n) is 1.85. The van der Waals surface area contributed by atoms with Crippen LogP contribution in [0.1, 0.15) is 26.7 Å². The lowest BCUT2D eigenvalue weighted by Gasteiger charge is -1.87. The topological polar surface area (TPSA) is 20.2 Å².